The van der Waals surface area contributed by atoms with E-state index in [1.54, 1.807) is 11.8 Å². The van der Waals surface area contributed by atoms with Gasteiger partial charge in [-0.05, 0) is 11.6 Å². The van der Waals surface area contributed by atoms with Gasteiger partial charge in [-0.2, -0.15) is 26.3 Å². The van der Waals surface area contributed by atoms with E-state index in [1.807, 2.05) is 4.98 Å². The van der Waals surface area contributed by atoms with Crippen LogP contribution in [0.5, 0.6) is 0 Å². The molecule has 180 valence electrons. The van der Waals surface area contributed by atoms with Crippen LogP contribution in [0.15, 0.2) is 29.5 Å². The molecule has 1 aliphatic rings. The SMILES string of the molecule is C[C@H](COC(=O)N1CCN(c2ncc(C(F)(F)F)cn2)CC1)c1c[nH]c(=O)c(C(F)(F)F)c1. The summed E-state index contributed by atoms with van der Waals surface area (Å²) in [6.45, 7) is 2.21. The quantitative estimate of drug-likeness (QED) is 0.677. The van der Waals surface area contributed by atoms with Crippen LogP contribution in [0.4, 0.5) is 37.1 Å². The highest BCUT2D eigenvalue weighted by Crippen LogP contribution is 2.29. The second kappa shape index (κ2) is 9.27. The van der Waals surface area contributed by atoms with Gasteiger partial charge in [0.15, 0.2) is 0 Å². The highest BCUT2D eigenvalue weighted by Gasteiger charge is 2.35. The van der Waals surface area contributed by atoms with Crippen molar-refractivity contribution in [2.24, 2.45) is 0 Å². The van der Waals surface area contributed by atoms with E-state index in [4.69, 9.17) is 4.74 Å². The zero-order chi connectivity index (χ0) is 24.4. The monoisotopic (exact) mass is 479 g/mol. The molecule has 2 aromatic rings. The lowest BCUT2D eigenvalue weighted by molar-refractivity contribution is -0.139. The van der Waals surface area contributed by atoms with Crippen LogP contribution >= 0.6 is 0 Å². The molecular weight excluding hydrogens is 460 g/mol. The van der Waals surface area contributed by atoms with Crippen LogP contribution in [0.1, 0.15) is 29.5 Å². The highest BCUT2D eigenvalue weighted by molar-refractivity contribution is 5.68. The molecule has 14 heteroatoms. The summed E-state index contributed by atoms with van der Waals surface area (Å²) in [7, 11) is 0. The third-order valence-electron chi connectivity index (χ3n) is 5.04. The number of amides is 1. The minimum absolute atomic E-state index is 0.100. The van der Waals surface area contributed by atoms with Crippen molar-refractivity contribution >= 4 is 12.0 Å². The van der Waals surface area contributed by atoms with E-state index in [0.717, 1.165) is 12.3 Å². The van der Waals surface area contributed by atoms with Gasteiger partial charge >= 0.3 is 18.4 Å². The van der Waals surface area contributed by atoms with E-state index in [0.29, 0.717) is 12.4 Å². The summed E-state index contributed by atoms with van der Waals surface area (Å²) in [6, 6.07) is 0.722. The molecule has 3 rings (SSSR count). The van der Waals surface area contributed by atoms with Gasteiger partial charge in [0.05, 0.1) is 12.2 Å². The number of carbonyl (C=O) groups excluding carboxylic acids is 1. The summed E-state index contributed by atoms with van der Waals surface area (Å²) in [4.78, 5) is 36.1. The molecule has 1 amide bonds. The number of aromatic amines is 1. The standard InChI is InChI=1S/C19H19F6N5O3/c1-11(12-6-14(19(23,24)25)15(31)26-7-12)10-33-17(32)30-4-2-29(3-5-30)16-27-8-13(9-28-16)18(20,21)22/h6-9,11H,2-5,10H2,1H3,(H,26,31)/t11-/m1/s1. The van der Waals surface area contributed by atoms with Crippen molar-refractivity contribution in [3.63, 3.8) is 0 Å². The Labute approximate surface area is 183 Å². The molecular formula is C19H19F6N5O3. The summed E-state index contributed by atoms with van der Waals surface area (Å²) >= 11 is 0. The van der Waals surface area contributed by atoms with Crippen molar-refractivity contribution in [2.75, 3.05) is 37.7 Å². The molecule has 8 nitrogen and oxygen atoms in total. The van der Waals surface area contributed by atoms with Gasteiger partial charge in [-0.25, -0.2) is 14.8 Å². The third kappa shape index (κ3) is 5.93. The minimum atomic E-state index is -4.81. The average molecular weight is 479 g/mol. The molecule has 0 unspecified atom stereocenters. The predicted octanol–water partition coefficient (Wildman–Crippen LogP) is 3.26. The van der Waals surface area contributed by atoms with Gasteiger partial charge in [0.25, 0.3) is 5.56 Å². The fourth-order valence-electron chi connectivity index (χ4n) is 3.10. The number of nitrogens with one attached hydrogen (secondary N) is 1. The normalized spacial score (nSPS) is 16.0. The number of hydrogen-bond donors (Lipinski definition) is 1. The van der Waals surface area contributed by atoms with Crippen molar-refractivity contribution in [1.29, 1.82) is 0 Å². The first-order valence-corrected chi connectivity index (χ1v) is 9.72. The molecule has 3 heterocycles. The largest absolute Gasteiger partial charge is 0.449 e. The molecule has 0 spiro atoms. The number of piperazine rings is 1. The highest BCUT2D eigenvalue weighted by atomic mass is 19.4. The maximum absolute atomic E-state index is 12.9. The lowest BCUT2D eigenvalue weighted by atomic mass is 10.0. The van der Waals surface area contributed by atoms with Crippen molar-refractivity contribution in [3.8, 4) is 0 Å². The number of anilines is 1. The van der Waals surface area contributed by atoms with Gasteiger partial charge in [0, 0.05) is 50.7 Å². The fraction of sp³-hybridized carbons (Fsp3) is 0.474. The number of rotatable bonds is 4. The second-order valence-electron chi connectivity index (χ2n) is 7.40. The van der Waals surface area contributed by atoms with Crippen molar-refractivity contribution in [2.45, 2.75) is 25.2 Å². The third-order valence-corrected chi connectivity index (χ3v) is 5.04. The fourth-order valence-corrected chi connectivity index (χ4v) is 3.10. The Balaban J connectivity index is 1.52. The molecule has 1 fully saturated rings. The Morgan fingerprint density at radius 3 is 2.24 bits per heavy atom. The lowest BCUT2D eigenvalue weighted by Gasteiger charge is -2.34. The smallest absolute Gasteiger partial charge is 0.421 e. The number of hydrogen-bond acceptors (Lipinski definition) is 6. The topological polar surface area (TPSA) is 91.4 Å². The number of pyridine rings is 1. The molecule has 1 N–H and O–H groups in total. The molecule has 1 atom stereocenters. The number of ether oxygens (including phenoxy) is 1. The van der Waals surface area contributed by atoms with Gasteiger partial charge < -0.3 is 19.5 Å². The molecule has 33 heavy (non-hydrogen) atoms. The molecule has 0 aromatic carbocycles. The van der Waals surface area contributed by atoms with Gasteiger partial charge in [-0.3, -0.25) is 4.79 Å². The van der Waals surface area contributed by atoms with E-state index in [1.165, 1.54) is 4.90 Å². The van der Waals surface area contributed by atoms with Crippen LogP contribution in [0.25, 0.3) is 0 Å². The molecule has 1 aliphatic heterocycles. The van der Waals surface area contributed by atoms with Crippen molar-refractivity contribution in [1.82, 2.24) is 19.9 Å². The van der Waals surface area contributed by atoms with E-state index in [2.05, 4.69) is 9.97 Å². The Hall–Kier alpha value is -3.32. The minimum Gasteiger partial charge on any atom is -0.449 e. The van der Waals surface area contributed by atoms with E-state index < -0.39 is 41.0 Å². The zero-order valence-corrected chi connectivity index (χ0v) is 17.2. The summed E-state index contributed by atoms with van der Waals surface area (Å²) in [6.07, 6.45) is -7.52. The number of nitrogens with zero attached hydrogens (tertiary/aromatic N) is 4. The Morgan fingerprint density at radius 1 is 1.09 bits per heavy atom. The van der Waals surface area contributed by atoms with Crippen LogP contribution in [0, 0.1) is 0 Å². The Bertz CT molecular complexity index is 1030. The molecule has 0 radical (unpaired) electrons. The number of alkyl halides is 6. The average Bonchev–Trinajstić information content (AvgIpc) is 2.76. The van der Waals surface area contributed by atoms with E-state index in [9.17, 15) is 35.9 Å². The van der Waals surface area contributed by atoms with Crippen LogP contribution < -0.4 is 10.5 Å². The van der Waals surface area contributed by atoms with Crippen LogP contribution in [0.3, 0.4) is 0 Å². The summed E-state index contributed by atoms with van der Waals surface area (Å²) in [5, 5.41) is 0. The van der Waals surface area contributed by atoms with Crippen molar-refractivity contribution in [3.05, 3.63) is 51.7 Å². The number of aromatic nitrogens is 3. The first-order valence-electron chi connectivity index (χ1n) is 9.72. The zero-order valence-electron chi connectivity index (χ0n) is 17.2. The Morgan fingerprint density at radius 2 is 1.70 bits per heavy atom. The Kier molecular flexibility index (Phi) is 6.84. The van der Waals surface area contributed by atoms with Crippen LogP contribution in [-0.4, -0.2) is 58.7 Å². The van der Waals surface area contributed by atoms with Gasteiger partial charge in [0.1, 0.15) is 5.56 Å². The van der Waals surface area contributed by atoms with E-state index >= 15 is 0 Å². The number of H-pyrrole nitrogens is 1. The summed E-state index contributed by atoms with van der Waals surface area (Å²) in [5.41, 5.74) is -3.41. The van der Waals surface area contributed by atoms with E-state index in [-0.39, 0.29) is 44.3 Å². The maximum atomic E-state index is 12.9. The lowest BCUT2D eigenvalue weighted by Crippen LogP contribution is -2.49. The number of carbonyl (C=O) groups is 1. The van der Waals surface area contributed by atoms with Crippen LogP contribution in [0.2, 0.25) is 0 Å². The maximum Gasteiger partial charge on any atom is 0.421 e. The first-order chi connectivity index (χ1) is 15.4. The number of halogens is 6. The van der Waals surface area contributed by atoms with Crippen molar-refractivity contribution < 1.29 is 35.9 Å². The van der Waals surface area contributed by atoms with Gasteiger partial charge in [-0.1, -0.05) is 6.92 Å². The second-order valence-corrected chi connectivity index (χ2v) is 7.40. The molecule has 1 saturated heterocycles. The van der Waals surface area contributed by atoms with Gasteiger partial charge in [0.2, 0.25) is 5.95 Å². The molecule has 2 aromatic heterocycles. The van der Waals surface area contributed by atoms with Crippen LogP contribution in [-0.2, 0) is 17.1 Å². The molecule has 0 bridgehead atoms. The molecule has 0 aliphatic carbocycles. The summed E-state index contributed by atoms with van der Waals surface area (Å²) < 4.78 is 81.7. The first kappa shape index (κ1) is 24.3. The summed E-state index contributed by atoms with van der Waals surface area (Å²) in [5.74, 6) is -0.517. The molecule has 0 saturated carbocycles. The van der Waals surface area contributed by atoms with Gasteiger partial charge in [-0.15, -0.1) is 0 Å². The predicted molar refractivity (Wildman–Crippen MR) is 103 cm³/mol.